The van der Waals surface area contributed by atoms with Crippen LogP contribution >= 0.6 is 0 Å². The molecule has 3 rings (SSSR count). The van der Waals surface area contributed by atoms with Crippen LogP contribution in [0.25, 0.3) is 10.9 Å². The number of hydrogen-bond donors (Lipinski definition) is 3. The zero-order valence-corrected chi connectivity index (χ0v) is 18.3. The van der Waals surface area contributed by atoms with Crippen LogP contribution in [0.5, 0.6) is 0 Å². The lowest BCUT2D eigenvalue weighted by Gasteiger charge is -2.31. The van der Waals surface area contributed by atoms with Crippen molar-refractivity contribution in [3.63, 3.8) is 0 Å². The average molecular weight is 400 g/mol. The van der Waals surface area contributed by atoms with Gasteiger partial charge in [-0.3, -0.25) is 4.99 Å². The van der Waals surface area contributed by atoms with E-state index in [1.807, 2.05) is 0 Å². The Morgan fingerprint density at radius 1 is 1.24 bits per heavy atom. The largest absolute Gasteiger partial charge is 0.383 e. The lowest BCUT2D eigenvalue weighted by atomic mass is 9.97. The molecule has 6 heteroatoms. The van der Waals surface area contributed by atoms with Gasteiger partial charge in [0.25, 0.3) is 0 Å². The van der Waals surface area contributed by atoms with Crippen molar-refractivity contribution in [3.8, 4) is 0 Å². The fourth-order valence-corrected chi connectivity index (χ4v) is 4.14. The Hall–Kier alpha value is -2.05. The van der Waals surface area contributed by atoms with Gasteiger partial charge >= 0.3 is 0 Å². The van der Waals surface area contributed by atoms with Gasteiger partial charge < -0.3 is 25.3 Å². The number of nitrogens with zero attached hydrogens (tertiary/aromatic N) is 2. The maximum absolute atomic E-state index is 5.19. The number of nitrogens with one attached hydrogen (secondary N) is 3. The third-order valence-electron chi connectivity index (χ3n) is 5.87. The molecule has 1 fully saturated rings. The molecule has 1 aromatic heterocycles. The molecule has 0 saturated carbocycles. The van der Waals surface area contributed by atoms with Crippen LogP contribution in [0.15, 0.2) is 29.3 Å². The summed E-state index contributed by atoms with van der Waals surface area (Å²) in [6, 6.07) is 8.54. The fourth-order valence-electron chi connectivity index (χ4n) is 4.14. The average Bonchev–Trinajstić information content (AvgIpc) is 3.06. The number of aryl methyl sites for hydroxylation is 1. The fraction of sp³-hybridized carbons (Fsp3) is 0.609. The monoisotopic (exact) mass is 399 g/mol. The molecule has 1 aliphatic heterocycles. The Balaban J connectivity index is 1.48. The van der Waals surface area contributed by atoms with E-state index in [-0.39, 0.29) is 0 Å². The highest BCUT2D eigenvalue weighted by atomic mass is 16.5. The van der Waals surface area contributed by atoms with Crippen molar-refractivity contribution in [2.24, 2.45) is 10.9 Å². The SMILES string of the molecule is CCNC(=NCC1CCN(CCOC)CC1)NCCc1c(C)[nH]c2ccccc12. The molecule has 1 aliphatic rings. The number of fused-ring (bicyclic) bond motifs is 1. The summed E-state index contributed by atoms with van der Waals surface area (Å²) in [7, 11) is 1.77. The number of guanidine groups is 1. The second-order valence-corrected chi connectivity index (χ2v) is 7.95. The normalized spacial score (nSPS) is 16.4. The zero-order chi connectivity index (χ0) is 20.5. The van der Waals surface area contributed by atoms with Gasteiger partial charge in [0.05, 0.1) is 6.61 Å². The quantitative estimate of drug-likeness (QED) is 0.448. The van der Waals surface area contributed by atoms with Crippen LogP contribution in [-0.2, 0) is 11.2 Å². The topological polar surface area (TPSA) is 64.7 Å². The van der Waals surface area contributed by atoms with E-state index in [1.165, 1.54) is 35.0 Å². The highest BCUT2D eigenvalue weighted by Gasteiger charge is 2.18. The molecule has 2 aromatic rings. The van der Waals surface area contributed by atoms with Crippen LogP contribution in [0.1, 0.15) is 31.0 Å². The van der Waals surface area contributed by atoms with Gasteiger partial charge in [0, 0.05) is 49.9 Å². The molecule has 1 aromatic carbocycles. The van der Waals surface area contributed by atoms with Crippen molar-refractivity contribution in [2.45, 2.75) is 33.1 Å². The predicted molar refractivity (Wildman–Crippen MR) is 122 cm³/mol. The van der Waals surface area contributed by atoms with Crippen molar-refractivity contribution in [3.05, 3.63) is 35.5 Å². The number of ether oxygens (including phenoxy) is 1. The summed E-state index contributed by atoms with van der Waals surface area (Å²) < 4.78 is 5.19. The van der Waals surface area contributed by atoms with Crippen molar-refractivity contribution in [2.75, 3.05) is 53.0 Å². The molecule has 0 atom stereocenters. The third kappa shape index (κ3) is 6.21. The summed E-state index contributed by atoms with van der Waals surface area (Å²) >= 11 is 0. The van der Waals surface area contributed by atoms with Gasteiger partial charge in [0.1, 0.15) is 0 Å². The Kier molecular flexibility index (Phi) is 8.38. The number of aliphatic imine (C=N–C) groups is 1. The Labute approximate surface area is 175 Å². The van der Waals surface area contributed by atoms with Gasteiger partial charge in [-0.05, 0) is 63.7 Å². The minimum atomic E-state index is 0.681. The minimum Gasteiger partial charge on any atom is -0.383 e. The Morgan fingerprint density at radius 2 is 2.03 bits per heavy atom. The number of piperidine rings is 1. The van der Waals surface area contributed by atoms with E-state index in [1.54, 1.807) is 7.11 Å². The second-order valence-electron chi connectivity index (χ2n) is 7.95. The van der Waals surface area contributed by atoms with Gasteiger partial charge in [-0.1, -0.05) is 18.2 Å². The van der Waals surface area contributed by atoms with Crippen molar-refractivity contribution >= 4 is 16.9 Å². The van der Waals surface area contributed by atoms with Crippen LogP contribution < -0.4 is 10.6 Å². The lowest BCUT2D eigenvalue weighted by Crippen LogP contribution is -2.40. The van der Waals surface area contributed by atoms with Gasteiger partial charge in [0.15, 0.2) is 5.96 Å². The number of hydrogen-bond acceptors (Lipinski definition) is 3. The Morgan fingerprint density at radius 3 is 2.79 bits per heavy atom. The Bertz CT molecular complexity index is 777. The summed E-state index contributed by atoms with van der Waals surface area (Å²) in [5.41, 5.74) is 3.87. The first-order valence-electron chi connectivity index (χ1n) is 11.0. The molecule has 2 heterocycles. The first-order valence-corrected chi connectivity index (χ1v) is 11.0. The summed E-state index contributed by atoms with van der Waals surface area (Å²) in [6.07, 6.45) is 3.43. The molecule has 3 N–H and O–H groups in total. The number of aromatic amines is 1. The molecule has 0 aliphatic carbocycles. The predicted octanol–water partition coefficient (Wildman–Crippen LogP) is 2.93. The molecule has 0 radical (unpaired) electrons. The van der Waals surface area contributed by atoms with Crippen LogP contribution in [0.4, 0.5) is 0 Å². The van der Waals surface area contributed by atoms with E-state index in [0.717, 1.165) is 58.3 Å². The van der Waals surface area contributed by atoms with Crippen molar-refractivity contribution < 1.29 is 4.74 Å². The maximum Gasteiger partial charge on any atom is 0.191 e. The molecule has 0 amide bonds. The van der Waals surface area contributed by atoms with Gasteiger partial charge in [0.2, 0.25) is 0 Å². The van der Waals surface area contributed by atoms with Crippen LogP contribution in [0, 0.1) is 12.8 Å². The smallest absolute Gasteiger partial charge is 0.191 e. The number of aromatic nitrogens is 1. The summed E-state index contributed by atoms with van der Waals surface area (Å²) in [5.74, 6) is 1.62. The number of H-pyrrole nitrogens is 1. The number of para-hydroxylation sites is 1. The number of rotatable bonds is 9. The van der Waals surface area contributed by atoms with Crippen molar-refractivity contribution in [1.82, 2.24) is 20.5 Å². The number of methoxy groups -OCH3 is 1. The summed E-state index contributed by atoms with van der Waals surface area (Å²) in [4.78, 5) is 10.9. The lowest BCUT2D eigenvalue weighted by molar-refractivity contribution is 0.121. The molecule has 6 nitrogen and oxygen atoms in total. The molecule has 0 spiro atoms. The minimum absolute atomic E-state index is 0.681. The zero-order valence-electron chi connectivity index (χ0n) is 18.3. The molecular formula is C23H37N5O. The number of likely N-dealkylation sites (tertiary alicyclic amines) is 1. The van der Waals surface area contributed by atoms with Crippen LogP contribution in [0.2, 0.25) is 0 Å². The standard InChI is InChI=1S/C23H37N5O/c1-4-24-23(26-17-19-10-13-28(14-11-19)15-16-29-3)25-12-9-20-18(2)27-22-8-6-5-7-21(20)22/h5-8,19,27H,4,9-17H2,1-3H3,(H2,24,25,26). The summed E-state index contributed by atoms with van der Waals surface area (Å²) in [5, 5.41) is 8.25. The van der Waals surface area contributed by atoms with Crippen LogP contribution in [0.3, 0.4) is 0 Å². The first kappa shape index (κ1) is 21.7. The summed E-state index contributed by atoms with van der Waals surface area (Å²) in [6.45, 7) is 11.1. The molecule has 0 bridgehead atoms. The molecular weight excluding hydrogens is 362 g/mol. The van der Waals surface area contributed by atoms with Crippen molar-refractivity contribution in [1.29, 1.82) is 0 Å². The maximum atomic E-state index is 5.19. The van der Waals surface area contributed by atoms with E-state index < -0.39 is 0 Å². The first-order chi connectivity index (χ1) is 14.2. The molecule has 160 valence electrons. The van der Waals surface area contributed by atoms with E-state index in [0.29, 0.717) is 5.92 Å². The van der Waals surface area contributed by atoms with Crippen LogP contribution in [-0.4, -0.2) is 68.8 Å². The van der Waals surface area contributed by atoms with Gasteiger partial charge in [-0.25, -0.2) is 0 Å². The third-order valence-corrected chi connectivity index (χ3v) is 5.87. The number of benzene rings is 1. The molecule has 0 unspecified atom stereocenters. The highest BCUT2D eigenvalue weighted by Crippen LogP contribution is 2.22. The van der Waals surface area contributed by atoms with Gasteiger partial charge in [-0.15, -0.1) is 0 Å². The van der Waals surface area contributed by atoms with E-state index in [9.17, 15) is 0 Å². The van der Waals surface area contributed by atoms with Gasteiger partial charge in [-0.2, -0.15) is 0 Å². The highest BCUT2D eigenvalue weighted by molar-refractivity contribution is 5.84. The van der Waals surface area contributed by atoms with E-state index in [2.05, 4.69) is 58.6 Å². The molecule has 1 saturated heterocycles. The second kappa shape index (κ2) is 11.2. The molecule has 29 heavy (non-hydrogen) atoms. The van der Waals surface area contributed by atoms with E-state index >= 15 is 0 Å². The van der Waals surface area contributed by atoms with E-state index in [4.69, 9.17) is 9.73 Å².